The van der Waals surface area contributed by atoms with E-state index in [1.807, 2.05) is 6.92 Å². The van der Waals surface area contributed by atoms with Gasteiger partial charge in [-0.1, -0.05) is 11.6 Å². The summed E-state index contributed by atoms with van der Waals surface area (Å²) in [4.78, 5) is 20.8. The molecule has 2 heterocycles. The van der Waals surface area contributed by atoms with Crippen molar-refractivity contribution in [3.05, 3.63) is 45.2 Å². The number of aromatic nitrogens is 2. The lowest BCUT2D eigenvalue weighted by Gasteiger charge is -2.27. The van der Waals surface area contributed by atoms with E-state index in [9.17, 15) is 10.1 Å². The Morgan fingerprint density at radius 3 is 2.75 bits per heavy atom. The van der Waals surface area contributed by atoms with Crippen molar-refractivity contribution in [2.75, 3.05) is 31.2 Å². The number of halogens is 1. The Morgan fingerprint density at radius 1 is 1.33 bits per heavy atom. The van der Waals surface area contributed by atoms with Crippen LogP contribution in [0.4, 0.5) is 11.5 Å². The fourth-order valence-electron chi connectivity index (χ4n) is 2.39. The number of ether oxygens (including phenoxy) is 2. The van der Waals surface area contributed by atoms with E-state index in [2.05, 4.69) is 9.97 Å². The van der Waals surface area contributed by atoms with Gasteiger partial charge in [-0.3, -0.25) is 10.1 Å². The van der Waals surface area contributed by atoms with E-state index in [0.717, 1.165) is 5.56 Å². The minimum Gasteiger partial charge on any atom is -0.434 e. The quantitative estimate of drug-likeness (QED) is 0.618. The van der Waals surface area contributed by atoms with Crippen LogP contribution in [0.3, 0.4) is 0 Å². The van der Waals surface area contributed by atoms with Crippen LogP contribution in [0.25, 0.3) is 0 Å². The smallest absolute Gasteiger partial charge is 0.373 e. The summed E-state index contributed by atoms with van der Waals surface area (Å²) in [5.74, 6) is 0.559. The Labute approximate surface area is 143 Å². The predicted octanol–water partition coefficient (Wildman–Crippen LogP) is 2.98. The predicted molar refractivity (Wildman–Crippen MR) is 88.0 cm³/mol. The van der Waals surface area contributed by atoms with E-state index < -0.39 is 4.92 Å². The van der Waals surface area contributed by atoms with Crippen molar-refractivity contribution in [1.29, 1.82) is 0 Å². The van der Waals surface area contributed by atoms with Crippen molar-refractivity contribution in [3.63, 3.8) is 0 Å². The molecule has 0 spiro atoms. The van der Waals surface area contributed by atoms with Gasteiger partial charge >= 0.3 is 11.6 Å². The second-order valence-electron chi connectivity index (χ2n) is 5.22. The van der Waals surface area contributed by atoms with Crippen LogP contribution >= 0.6 is 11.6 Å². The molecule has 0 N–H and O–H groups in total. The summed E-state index contributed by atoms with van der Waals surface area (Å²) in [5.41, 5.74) is 0.547. The molecular formula is C15H15ClN4O4. The van der Waals surface area contributed by atoms with E-state index >= 15 is 0 Å². The Bertz CT molecular complexity index is 765. The minimum atomic E-state index is -0.525. The highest BCUT2D eigenvalue weighted by atomic mass is 35.5. The van der Waals surface area contributed by atoms with Crippen LogP contribution in [-0.4, -0.2) is 41.2 Å². The largest absolute Gasteiger partial charge is 0.434 e. The molecule has 0 bridgehead atoms. The first kappa shape index (κ1) is 16.4. The second-order valence-corrected chi connectivity index (χ2v) is 5.63. The van der Waals surface area contributed by atoms with Crippen molar-refractivity contribution in [3.8, 4) is 11.6 Å². The molecule has 0 saturated carbocycles. The number of benzene rings is 1. The maximum absolute atomic E-state index is 11.6. The van der Waals surface area contributed by atoms with Crippen LogP contribution in [-0.2, 0) is 4.74 Å². The highest BCUT2D eigenvalue weighted by molar-refractivity contribution is 6.31. The zero-order valence-corrected chi connectivity index (χ0v) is 13.7. The minimum absolute atomic E-state index is 0.0989. The number of morpholine rings is 1. The molecule has 1 aliphatic heterocycles. The molecule has 0 unspecified atom stereocenters. The number of aryl methyl sites for hydroxylation is 1. The fraction of sp³-hybridized carbons (Fsp3) is 0.333. The van der Waals surface area contributed by atoms with E-state index in [4.69, 9.17) is 21.1 Å². The average molecular weight is 351 g/mol. The Hall–Kier alpha value is -2.45. The number of hydrogen-bond acceptors (Lipinski definition) is 7. The number of nitro groups is 1. The molecule has 2 aromatic rings. The highest BCUT2D eigenvalue weighted by Gasteiger charge is 2.29. The molecule has 0 amide bonds. The molecule has 1 fully saturated rings. The zero-order valence-electron chi connectivity index (χ0n) is 12.9. The highest BCUT2D eigenvalue weighted by Crippen LogP contribution is 2.36. The van der Waals surface area contributed by atoms with Crippen LogP contribution in [0.2, 0.25) is 5.02 Å². The van der Waals surface area contributed by atoms with Crippen molar-refractivity contribution in [2.24, 2.45) is 0 Å². The first-order chi connectivity index (χ1) is 11.6. The molecule has 9 heteroatoms. The summed E-state index contributed by atoms with van der Waals surface area (Å²) < 4.78 is 10.9. The number of anilines is 1. The van der Waals surface area contributed by atoms with Gasteiger partial charge in [0.25, 0.3) is 0 Å². The van der Waals surface area contributed by atoms with Gasteiger partial charge < -0.3 is 14.4 Å². The van der Waals surface area contributed by atoms with E-state index in [-0.39, 0.29) is 17.4 Å². The maximum Gasteiger partial charge on any atom is 0.373 e. The van der Waals surface area contributed by atoms with Crippen LogP contribution in [0, 0.1) is 17.0 Å². The molecule has 0 atom stereocenters. The summed E-state index contributed by atoms with van der Waals surface area (Å²) in [6.45, 7) is 3.86. The fourth-order valence-corrected chi connectivity index (χ4v) is 2.50. The van der Waals surface area contributed by atoms with Gasteiger partial charge in [0.1, 0.15) is 12.1 Å². The van der Waals surface area contributed by atoms with Crippen LogP contribution in [0.5, 0.6) is 11.6 Å². The third kappa shape index (κ3) is 3.39. The van der Waals surface area contributed by atoms with Gasteiger partial charge in [0.2, 0.25) is 5.82 Å². The Kier molecular flexibility index (Phi) is 4.77. The van der Waals surface area contributed by atoms with Crippen molar-refractivity contribution in [2.45, 2.75) is 6.92 Å². The molecule has 0 radical (unpaired) electrons. The molecule has 24 heavy (non-hydrogen) atoms. The molecule has 3 rings (SSSR count). The first-order valence-corrected chi connectivity index (χ1v) is 7.70. The van der Waals surface area contributed by atoms with E-state index in [1.165, 1.54) is 6.33 Å². The lowest BCUT2D eigenvalue weighted by atomic mass is 10.2. The first-order valence-electron chi connectivity index (χ1n) is 7.32. The lowest BCUT2D eigenvalue weighted by molar-refractivity contribution is -0.385. The second kappa shape index (κ2) is 6.98. The topological polar surface area (TPSA) is 90.6 Å². The molecule has 0 aliphatic carbocycles. The third-order valence-corrected chi connectivity index (χ3v) is 4.03. The van der Waals surface area contributed by atoms with Gasteiger partial charge in [0.05, 0.1) is 18.1 Å². The molecule has 1 aliphatic rings. The van der Waals surface area contributed by atoms with Crippen LogP contribution < -0.4 is 9.64 Å². The van der Waals surface area contributed by atoms with Crippen LogP contribution in [0.1, 0.15) is 5.56 Å². The molecule has 8 nitrogen and oxygen atoms in total. The number of hydrogen-bond donors (Lipinski definition) is 0. The SMILES string of the molecule is Cc1cc(Oc2ncnc(N3CCOCC3)c2[N+](=O)[O-])ccc1Cl. The third-order valence-electron chi connectivity index (χ3n) is 3.61. The zero-order chi connectivity index (χ0) is 17.1. The Morgan fingerprint density at radius 2 is 2.08 bits per heavy atom. The summed E-state index contributed by atoms with van der Waals surface area (Å²) in [5, 5.41) is 12.2. The number of nitrogens with zero attached hydrogens (tertiary/aromatic N) is 4. The molecule has 126 valence electrons. The molecule has 1 aromatic carbocycles. The summed E-state index contributed by atoms with van der Waals surface area (Å²) in [6.07, 6.45) is 1.26. The molecular weight excluding hydrogens is 336 g/mol. The normalized spacial score (nSPS) is 14.5. The lowest BCUT2D eigenvalue weighted by Crippen LogP contribution is -2.37. The van der Waals surface area contributed by atoms with Crippen LogP contribution in [0.15, 0.2) is 24.5 Å². The van der Waals surface area contributed by atoms with Gasteiger partial charge in [-0.15, -0.1) is 0 Å². The molecule has 1 aromatic heterocycles. The monoisotopic (exact) mass is 350 g/mol. The maximum atomic E-state index is 11.6. The van der Waals surface area contributed by atoms with Gasteiger partial charge in [-0.25, -0.2) is 4.98 Å². The standard InChI is InChI=1S/C15H15ClN4O4/c1-10-8-11(2-3-12(10)16)24-15-13(20(21)22)14(17-9-18-15)19-4-6-23-7-5-19/h2-3,8-9H,4-7H2,1H3. The summed E-state index contributed by atoms with van der Waals surface area (Å²) in [6, 6.07) is 5.00. The van der Waals surface area contributed by atoms with Crippen molar-refractivity contribution < 1.29 is 14.4 Å². The van der Waals surface area contributed by atoms with Gasteiger partial charge in [-0.05, 0) is 30.7 Å². The van der Waals surface area contributed by atoms with Gasteiger partial charge in [0.15, 0.2) is 0 Å². The van der Waals surface area contributed by atoms with E-state index in [1.54, 1.807) is 23.1 Å². The van der Waals surface area contributed by atoms with Crippen molar-refractivity contribution in [1.82, 2.24) is 9.97 Å². The van der Waals surface area contributed by atoms with Gasteiger partial charge in [0, 0.05) is 18.1 Å². The number of rotatable bonds is 4. The average Bonchev–Trinajstić information content (AvgIpc) is 2.58. The molecule has 1 saturated heterocycles. The van der Waals surface area contributed by atoms with E-state index in [0.29, 0.717) is 37.1 Å². The summed E-state index contributed by atoms with van der Waals surface area (Å²) >= 11 is 5.98. The van der Waals surface area contributed by atoms with Gasteiger partial charge in [-0.2, -0.15) is 4.98 Å². The van der Waals surface area contributed by atoms with Crippen molar-refractivity contribution >= 4 is 23.1 Å². The summed E-state index contributed by atoms with van der Waals surface area (Å²) in [7, 11) is 0. The Balaban J connectivity index is 1.97.